The first-order valence-electron chi connectivity index (χ1n) is 4.64. The van der Waals surface area contributed by atoms with Gasteiger partial charge in [0.1, 0.15) is 5.52 Å². The van der Waals surface area contributed by atoms with E-state index in [0.29, 0.717) is 30.7 Å². The molecule has 6 nitrogen and oxygen atoms in total. The fraction of sp³-hybridized carbons (Fsp3) is 0.375. The second kappa shape index (κ2) is 4.91. The van der Waals surface area contributed by atoms with E-state index in [4.69, 9.17) is 22.1 Å². The molecule has 0 bridgehead atoms. The molecule has 2 aromatic heterocycles. The zero-order valence-electron chi connectivity index (χ0n) is 8.43. The molecule has 2 aromatic rings. The average molecular weight is 260 g/mol. The lowest BCUT2D eigenvalue weighted by molar-refractivity contribution is 0.173. The smallest absolute Gasteiger partial charge is 0.223 e. The first kappa shape index (κ1) is 11.5. The zero-order valence-corrected chi connectivity index (χ0v) is 10.3. The van der Waals surface area contributed by atoms with Crippen LogP contribution in [0, 0.1) is 0 Å². The van der Waals surface area contributed by atoms with Gasteiger partial charge in [-0.1, -0.05) is 11.6 Å². The van der Waals surface area contributed by atoms with Crippen LogP contribution in [0.5, 0.6) is 0 Å². The second-order valence-electron chi connectivity index (χ2n) is 3.06. The van der Waals surface area contributed by atoms with E-state index in [0.717, 1.165) is 0 Å². The molecule has 1 atom stereocenters. The lowest BCUT2D eigenvalue weighted by Crippen LogP contribution is -2.06. The van der Waals surface area contributed by atoms with Gasteiger partial charge in [0, 0.05) is 6.54 Å². The van der Waals surface area contributed by atoms with Gasteiger partial charge in [0.2, 0.25) is 5.95 Å². The Balaban J connectivity index is 2.32. The van der Waals surface area contributed by atoms with Gasteiger partial charge < -0.3 is 15.0 Å². The quantitative estimate of drug-likeness (QED) is 0.502. The second-order valence-corrected chi connectivity index (χ2v) is 3.75. The van der Waals surface area contributed by atoms with Crippen molar-refractivity contribution in [3.63, 3.8) is 0 Å². The van der Waals surface area contributed by atoms with Crippen LogP contribution >= 0.6 is 20.8 Å². The number of hydrogen-bond acceptors (Lipinski definition) is 5. The molecule has 86 valence electrons. The van der Waals surface area contributed by atoms with Crippen molar-refractivity contribution in [1.82, 2.24) is 19.5 Å². The third kappa shape index (κ3) is 2.24. The lowest BCUT2D eigenvalue weighted by Gasteiger charge is -2.03. The fourth-order valence-electron chi connectivity index (χ4n) is 1.34. The molecule has 2 rings (SSSR count). The van der Waals surface area contributed by atoms with Crippen molar-refractivity contribution < 1.29 is 4.74 Å². The van der Waals surface area contributed by atoms with Crippen LogP contribution in [0.15, 0.2) is 6.33 Å². The van der Waals surface area contributed by atoms with Gasteiger partial charge in [-0.25, -0.2) is 4.98 Å². The first-order valence-corrected chi connectivity index (χ1v) is 5.83. The molecule has 0 saturated carbocycles. The van der Waals surface area contributed by atoms with E-state index < -0.39 is 0 Å². The molecule has 2 N–H and O–H groups in total. The minimum Gasteiger partial charge on any atom is -0.376 e. The number of fused-ring (bicyclic) bond motifs is 1. The highest BCUT2D eigenvalue weighted by atomic mass is 35.5. The van der Waals surface area contributed by atoms with Crippen LogP contribution in [0.1, 0.15) is 0 Å². The third-order valence-electron chi connectivity index (χ3n) is 2.03. The number of ether oxygens (including phenoxy) is 1. The molecule has 0 aliphatic rings. The maximum Gasteiger partial charge on any atom is 0.223 e. The average Bonchev–Trinajstić information content (AvgIpc) is 2.62. The summed E-state index contributed by atoms with van der Waals surface area (Å²) in [6, 6.07) is 0. The van der Waals surface area contributed by atoms with Gasteiger partial charge in [0.25, 0.3) is 0 Å². The van der Waals surface area contributed by atoms with Crippen molar-refractivity contribution in [2.24, 2.45) is 0 Å². The molecule has 2 heterocycles. The summed E-state index contributed by atoms with van der Waals surface area (Å²) in [5.41, 5.74) is 6.71. The van der Waals surface area contributed by atoms with E-state index in [2.05, 4.69) is 24.2 Å². The van der Waals surface area contributed by atoms with E-state index in [1.165, 1.54) is 0 Å². The van der Waals surface area contributed by atoms with Crippen molar-refractivity contribution in [2.45, 2.75) is 6.54 Å². The van der Waals surface area contributed by atoms with Gasteiger partial charge >= 0.3 is 0 Å². The maximum atomic E-state index is 5.90. The number of nitrogen functional groups attached to an aromatic ring is 1. The van der Waals surface area contributed by atoms with Crippen LogP contribution in [-0.4, -0.2) is 32.5 Å². The Hall–Kier alpha value is -0.970. The van der Waals surface area contributed by atoms with Gasteiger partial charge in [0.05, 0.1) is 19.3 Å². The summed E-state index contributed by atoms with van der Waals surface area (Å²) in [6.07, 6.45) is 2.25. The predicted molar refractivity (Wildman–Crippen MR) is 65.3 cm³/mol. The standard InChI is InChI=1S/C8H11ClN5OP/c9-6-5-7(13-8(10)12-6)14(3-11-5)1-2-15-4-16/h3H,1-2,4,16H2,(H2,10,12,13). The van der Waals surface area contributed by atoms with Crippen LogP contribution in [0.25, 0.3) is 11.2 Å². The normalized spacial score (nSPS) is 11.1. The van der Waals surface area contributed by atoms with Crippen molar-refractivity contribution >= 4 is 38.0 Å². The Morgan fingerprint density at radius 3 is 3.06 bits per heavy atom. The van der Waals surface area contributed by atoms with Gasteiger partial charge in [-0.15, -0.1) is 9.24 Å². The predicted octanol–water partition coefficient (Wildman–Crippen LogP) is 0.911. The Kier molecular flexibility index (Phi) is 3.53. The first-order chi connectivity index (χ1) is 7.72. The molecule has 0 aliphatic heterocycles. The maximum absolute atomic E-state index is 5.90. The molecule has 0 aliphatic carbocycles. The lowest BCUT2D eigenvalue weighted by atomic mass is 10.5. The summed E-state index contributed by atoms with van der Waals surface area (Å²) in [5, 5.41) is 0.271. The highest BCUT2D eigenvalue weighted by molar-refractivity contribution is 7.16. The highest BCUT2D eigenvalue weighted by Crippen LogP contribution is 2.19. The van der Waals surface area contributed by atoms with Crippen LogP contribution in [0.4, 0.5) is 5.95 Å². The van der Waals surface area contributed by atoms with Crippen LogP contribution < -0.4 is 5.73 Å². The van der Waals surface area contributed by atoms with E-state index in [-0.39, 0.29) is 11.1 Å². The molecule has 0 spiro atoms. The topological polar surface area (TPSA) is 78.8 Å². The van der Waals surface area contributed by atoms with Crippen molar-refractivity contribution in [2.75, 3.05) is 18.7 Å². The van der Waals surface area contributed by atoms with Crippen LogP contribution in [-0.2, 0) is 11.3 Å². The largest absolute Gasteiger partial charge is 0.376 e. The highest BCUT2D eigenvalue weighted by Gasteiger charge is 2.10. The van der Waals surface area contributed by atoms with E-state index in [1.54, 1.807) is 6.33 Å². The van der Waals surface area contributed by atoms with Crippen molar-refractivity contribution in [3.05, 3.63) is 11.5 Å². The molecule has 0 saturated heterocycles. The molecule has 0 aromatic carbocycles. The Labute approximate surface area is 99.4 Å². The van der Waals surface area contributed by atoms with Crippen molar-refractivity contribution in [1.29, 1.82) is 0 Å². The third-order valence-corrected chi connectivity index (χ3v) is 2.53. The summed E-state index contributed by atoms with van der Waals surface area (Å²) in [4.78, 5) is 12.1. The summed E-state index contributed by atoms with van der Waals surface area (Å²) in [5.74, 6) is 0.145. The Bertz CT molecular complexity index is 502. The van der Waals surface area contributed by atoms with E-state index in [1.807, 2.05) is 4.57 Å². The number of hydrogen-bond donors (Lipinski definition) is 1. The number of rotatable bonds is 4. The fourth-order valence-corrected chi connectivity index (χ4v) is 1.72. The van der Waals surface area contributed by atoms with Gasteiger partial charge in [-0.05, 0) is 0 Å². The number of aromatic nitrogens is 4. The monoisotopic (exact) mass is 259 g/mol. The number of nitrogens with zero attached hydrogens (tertiary/aromatic N) is 4. The van der Waals surface area contributed by atoms with Gasteiger partial charge in [-0.2, -0.15) is 9.97 Å². The molecule has 0 fully saturated rings. The van der Waals surface area contributed by atoms with E-state index in [9.17, 15) is 0 Å². The summed E-state index contributed by atoms with van der Waals surface area (Å²) in [7, 11) is 2.49. The Morgan fingerprint density at radius 2 is 2.31 bits per heavy atom. The number of anilines is 1. The van der Waals surface area contributed by atoms with Crippen LogP contribution in [0.3, 0.4) is 0 Å². The Morgan fingerprint density at radius 1 is 1.50 bits per heavy atom. The molecule has 8 heteroatoms. The molecular formula is C8H11ClN5OP. The summed E-state index contributed by atoms with van der Waals surface area (Å²) in [6.45, 7) is 1.23. The number of nitrogens with two attached hydrogens (primary N) is 1. The minimum absolute atomic E-state index is 0.145. The number of imidazole rings is 1. The molecular weight excluding hydrogens is 249 g/mol. The molecule has 0 amide bonds. The summed E-state index contributed by atoms with van der Waals surface area (Å²) >= 11 is 5.90. The zero-order chi connectivity index (χ0) is 11.5. The SMILES string of the molecule is Nc1nc(Cl)c2ncn(CCOCP)c2n1. The van der Waals surface area contributed by atoms with Gasteiger partial charge in [0.15, 0.2) is 10.8 Å². The molecule has 16 heavy (non-hydrogen) atoms. The number of halogens is 1. The minimum atomic E-state index is 0.145. The molecule has 1 unspecified atom stereocenters. The van der Waals surface area contributed by atoms with E-state index >= 15 is 0 Å². The van der Waals surface area contributed by atoms with Crippen LogP contribution in [0.2, 0.25) is 5.15 Å². The summed E-state index contributed by atoms with van der Waals surface area (Å²) < 4.78 is 7.06. The van der Waals surface area contributed by atoms with Crippen molar-refractivity contribution in [3.8, 4) is 0 Å². The molecule has 0 radical (unpaired) electrons. The van der Waals surface area contributed by atoms with Gasteiger partial charge in [-0.3, -0.25) is 0 Å².